The second-order valence-electron chi connectivity index (χ2n) is 10.3. The number of primary amides is 1. The number of rotatable bonds is 17. The molecule has 11 N–H and O–H groups in total. The minimum absolute atomic E-state index is 0.0944. The Labute approximate surface area is 247 Å². The average Bonchev–Trinajstić information content (AvgIpc) is 2.97. The molecule has 2 rings (SSSR count). The number of hydrogen-bond donors (Lipinski definition) is 7. The molecule has 0 aliphatic heterocycles. The predicted molar refractivity (Wildman–Crippen MR) is 163 cm³/mol. The lowest BCUT2D eigenvalue weighted by Crippen LogP contribution is -2.59. The monoisotopic (exact) mass is 580 g/mol. The third-order valence-corrected chi connectivity index (χ3v) is 6.95. The minimum atomic E-state index is -1.05. The molecule has 0 radical (unpaired) electrons. The molecule has 0 heterocycles. The van der Waals surface area contributed by atoms with Crippen LogP contribution < -0.4 is 38.9 Å². The molecule has 2 aromatic rings. The molecule has 0 saturated heterocycles. The molecule has 0 aliphatic carbocycles. The van der Waals surface area contributed by atoms with E-state index < -0.39 is 47.8 Å². The molecule has 0 saturated carbocycles. The zero-order valence-electron chi connectivity index (χ0n) is 24.3. The Bertz CT molecular complexity index is 1190. The number of amides is 4. The summed E-state index contributed by atoms with van der Waals surface area (Å²) in [6.07, 6.45) is 1.58. The average molecular weight is 581 g/mol. The van der Waals surface area contributed by atoms with Crippen molar-refractivity contribution in [3.63, 3.8) is 0 Å². The van der Waals surface area contributed by atoms with Crippen LogP contribution in [0.4, 0.5) is 0 Å². The van der Waals surface area contributed by atoms with Gasteiger partial charge < -0.3 is 38.9 Å². The quantitative estimate of drug-likeness (QED) is 0.0760. The van der Waals surface area contributed by atoms with Crippen LogP contribution >= 0.6 is 0 Å². The van der Waals surface area contributed by atoms with Crippen LogP contribution in [0.5, 0.6) is 0 Å². The summed E-state index contributed by atoms with van der Waals surface area (Å²) in [5.41, 5.74) is 24.3. The molecule has 228 valence electrons. The number of carbonyl (C=O) groups is 4. The van der Waals surface area contributed by atoms with E-state index in [1.807, 2.05) is 74.5 Å². The molecular formula is C30H44N8O4. The lowest BCUT2D eigenvalue weighted by molar-refractivity contribution is -0.134. The zero-order chi connectivity index (χ0) is 31.1. The van der Waals surface area contributed by atoms with Crippen LogP contribution in [0, 0.1) is 5.92 Å². The summed E-state index contributed by atoms with van der Waals surface area (Å²) < 4.78 is 0. The second-order valence-corrected chi connectivity index (χ2v) is 10.3. The minimum Gasteiger partial charge on any atom is -0.370 e. The van der Waals surface area contributed by atoms with Gasteiger partial charge in [-0.25, -0.2) is 0 Å². The molecule has 42 heavy (non-hydrogen) atoms. The van der Waals surface area contributed by atoms with Crippen LogP contribution in [0.3, 0.4) is 0 Å². The Balaban J connectivity index is 2.18. The summed E-state index contributed by atoms with van der Waals surface area (Å²) in [5.74, 6) is -2.70. The van der Waals surface area contributed by atoms with E-state index in [0.717, 1.165) is 11.1 Å². The van der Waals surface area contributed by atoms with Gasteiger partial charge >= 0.3 is 0 Å². The number of guanidine groups is 1. The van der Waals surface area contributed by atoms with E-state index in [0.29, 0.717) is 19.3 Å². The topological polar surface area (TPSA) is 221 Å². The van der Waals surface area contributed by atoms with E-state index in [2.05, 4.69) is 20.9 Å². The number of nitrogens with one attached hydrogen (secondary N) is 3. The van der Waals surface area contributed by atoms with Crippen LogP contribution in [0.2, 0.25) is 0 Å². The maximum Gasteiger partial charge on any atom is 0.243 e. The van der Waals surface area contributed by atoms with Gasteiger partial charge in [-0.2, -0.15) is 0 Å². The van der Waals surface area contributed by atoms with Crippen LogP contribution in [-0.2, 0) is 32.0 Å². The van der Waals surface area contributed by atoms with E-state index in [1.54, 1.807) is 0 Å². The van der Waals surface area contributed by atoms with Crippen molar-refractivity contribution in [1.29, 1.82) is 0 Å². The molecule has 0 unspecified atom stereocenters. The Kier molecular flexibility index (Phi) is 14.0. The van der Waals surface area contributed by atoms with Gasteiger partial charge in [0.2, 0.25) is 23.6 Å². The smallest absolute Gasteiger partial charge is 0.243 e. The third kappa shape index (κ3) is 11.6. The van der Waals surface area contributed by atoms with Crippen molar-refractivity contribution < 1.29 is 19.2 Å². The van der Waals surface area contributed by atoms with E-state index in [1.165, 1.54) is 0 Å². The summed E-state index contributed by atoms with van der Waals surface area (Å²) in [7, 11) is 0. The highest BCUT2D eigenvalue weighted by Gasteiger charge is 2.32. The molecule has 0 aromatic heterocycles. The highest BCUT2D eigenvalue weighted by atomic mass is 16.2. The van der Waals surface area contributed by atoms with Gasteiger partial charge in [-0.15, -0.1) is 0 Å². The van der Waals surface area contributed by atoms with E-state index in [9.17, 15) is 19.2 Å². The van der Waals surface area contributed by atoms with Crippen molar-refractivity contribution in [1.82, 2.24) is 16.0 Å². The largest absolute Gasteiger partial charge is 0.370 e. The number of nitrogens with zero attached hydrogens (tertiary/aromatic N) is 1. The maximum absolute atomic E-state index is 13.5. The van der Waals surface area contributed by atoms with Gasteiger partial charge in [0, 0.05) is 13.0 Å². The summed E-state index contributed by atoms with van der Waals surface area (Å²) in [4.78, 5) is 56.0. The van der Waals surface area contributed by atoms with Crippen molar-refractivity contribution in [3.05, 3.63) is 71.8 Å². The Morgan fingerprint density at radius 1 is 0.762 bits per heavy atom. The summed E-state index contributed by atoms with van der Waals surface area (Å²) in [6, 6.07) is 14.6. The van der Waals surface area contributed by atoms with Gasteiger partial charge in [-0.05, 0) is 36.3 Å². The van der Waals surface area contributed by atoms with Gasteiger partial charge in [0.15, 0.2) is 5.96 Å². The number of carbonyl (C=O) groups excluding carboxylic acids is 4. The van der Waals surface area contributed by atoms with Crippen molar-refractivity contribution in [2.24, 2.45) is 33.8 Å². The molecule has 0 bridgehead atoms. The highest BCUT2D eigenvalue weighted by molar-refractivity contribution is 5.94. The summed E-state index contributed by atoms with van der Waals surface area (Å²) in [6.45, 7) is 3.94. The van der Waals surface area contributed by atoms with Crippen LogP contribution in [0.15, 0.2) is 65.7 Å². The normalized spacial score (nSPS) is 14.4. The first-order valence-corrected chi connectivity index (χ1v) is 14.1. The van der Waals surface area contributed by atoms with Gasteiger partial charge in [-0.1, -0.05) is 80.9 Å². The van der Waals surface area contributed by atoms with Gasteiger partial charge in [0.05, 0.1) is 6.04 Å². The standard InChI is InChI=1S/C30H44N8O4/c1-3-19(2)25(38-27(40)22(31)17-20-11-6-4-7-12-20)29(42)36-23(15-10-16-35-30(33)34)28(41)37-24(26(32)39)18-21-13-8-5-9-14-21/h4-9,11-14,19,22-25H,3,10,15-18,31H2,1-2H3,(H2,32,39)(H,36,42)(H,37,41)(H,38,40)(H4,33,34,35)/t19-,22-,23-,24-,25-/m0/s1. The van der Waals surface area contributed by atoms with Crippen molar-refractivity contribution in [3.8, 4) is 0 Å². The molecule has 12 heteroatoms. The highest BCUT2D eigenvalue weighted by Crippen LogP contribution is 2.11. The second kappa shape index (κ2) is 17.4. The van der Waals surface area contributed by atoms with E-state index in [-0.39, 0.29) is 31.3 Å². The fourth-order valence-corrected chi connectivity index (χ4v) is 4.30. The predicted octanol–water partition coefficient (Wildman–Crippen LogP) is -0.161. The molecule has 4 amide bonds. The molecule has 0 aliphatic rings. The third-order valence-electron chi connectivity index (χ3n) is 6.95. The van der Waals surface area contributed by atoms with Crippen LogP contribution in [0.25, 0.3) is 0 Å². The summed E-state index contributed by atoms with van der Waals surface area (Å²) >= 11 is 0. The van der Waals surface area contributed by atoms with Crippen molar-refractivity contribution in [2.75, 3.05) is 6.54 Å². The molecular weight excluding hydrogens is 536 g/mol. The first-order valence-electron chi connectivity index (χ1n) is 14.1. The fourth-order valence-electron chi connectivity index (χ4n) is 4.30. The SMILES string of the molecule is CC[C@H](C)[C@H](NC(=O)[C@@H](N)Cc1ccccc1)C(=O)N[C@@H](CCCN=C(N)N)C(=O)N[C@@H](Cc1ccccc1)C(N)=O. The first-order chi connectivity index (χ1) is 20.0. The number of benzene rings is 2. The first kappa shape index (κ1) is 33.8. The number of hydrogen-bond acceptors (Lipinski definition) is 6. The van der Waals surface area contributed by atoms with Gasteiger partial charge in [-0.3, -0.25) is 24.2 Å². The maximum atomic E-state index is 13.5. The van der Waals surface area contributed by atoms with E-state index >= 15 is 0 Å². The van der Waals surface area contributed by atoms with Gasteiger partial charge in [0.1, 0.15) is 18.1 Å². The van der Waals surface area contributed by atoms with E-state index in [4.69, 9.17) is 22.9 Å². The van der Waals surface area contributed by atoms with Crippen molar-refractivity contribution >= 4 is 29.6 Å². The van der Waals surface area contributed by atoms with Gasteiger partial charge in [0.25, 0.3) is 0 Å². The van der Waals surface area contributed by atoms with Crippen LogP contribution in [-0.4, -0.2) is 60.3 Å². The number of nitrogens with two attached hydrogens (primary N) is 4. The summed E-state index contributed by atoms with van der Waals surface area (Å²) in [5, 5.41) is 8.19. The molecule has 12 nitrogen and oxygen atoms in total. The Morgan fingerprint density at radius 2 is 1.31 bits per heavy atom. The van der Waals surface area contributed by atoms with Crippen molar-refractivity contribution in [2.45, 2.75) is 70.1 Å². The zero-order valence-corrected chi connectivity index (χ0v) is 24.3. The molecule has 5 atom stereocenters. The fraction of sp³-hybridized carbons (Fsp3) is 0.433. The molecule has 0 fully saturated rings. The Hall–Kier alpha value is -4.45. The van der Waals surface area contributed by atoms with Crippen LogP contribution in [0.1, 0.15) is 44.2 Å². The lowest BCUT2D eigenvalue weighted by atomic mass is 9.96. The Morgan fingerprint density at radius 3 is 1.83 bits per heavy atom. The molecule has 0 spiro atoms. The molecule has 2 aromatic carbocycles. The lowest BCUT2D eigenvalue weighted by Gasteiger charge is -2.28. The number of aliphatic imine (C=N–C) groups is 1.